The van der Waals surface area contributed by atoms with Crippen LogP contribution < -0.4 is 4.74 Å². The first kappa shape index (κ1) is 13.0. The molecule has 1 fully saturated rings. The van der Waals surface area contributed by atoms with E-state index in [0.29, 0.717) is 23.3 Å². The second-order valence-electron chi connectivity index (χ2n) is 4.64. The predicted molar refractivity (Wildman–Crippen MR) is 69.3 cm³/mol. The molecule has 0 spiro atoms. The lowest BCUT2D eigenvalue weighted by atomic mass is 10.0. The number of methoxy groups -OCH3 is 1. The number of rotatable bonds is 3. The normalized spacial score (nSPS) is 19.6. The van der Waals surface area contributed by atoms with Crippen molar-refractivity contribution >= 4 is 0 Å². The molecule has 0 bridgehead atoms. The van der Waals surface area contributed by atoms with E-state index in [0.717, 1.165) is 32.5 Å². The molecule has 1 aliphatic rings. The summed E-state index contributed by atoms with van der Waals surface area (Å²) in [4.78, 5) is 12.5. The Morgan fingerprint density at radius 3 is 3.10 bits per heavy atom. The third-order valence-corrected chi connectivity index (χ3v) is 3.32. The van der Waals surface area contributed by atoms with Gasteiger partial charge in [-0.1, -0.05) is 5.16 Å². The number of hydrogen-bond donors (Lipinski definition) is 0. The third kappa shape index (κ3) is 2.77. The Balaban J connectivity index is 1.81. The molecule has 1 aliphatic heterocycles. The zero-order chi connectivity index (χ0) is 13.8. The molecule has 20 heavy (non-hydrogen) atoms. The van der Waals surface area contributed by atoms with Gasteiger partial charge in [0.25, 0.3) is 0 Å². The molecule has 1 saturated heterocycles. The minimum atomic E-state index is 0.266. The third-order valence-electron chi connectivity index (χ3n) is 3.32. The minimum absolute atomic E-state index is 0.266. The van der Waals surface area contributed by atoms with E-state index in [9.17, 15) is 0 Å². The van der Waals surface area contributed by atoms with Crippen molar-refractivity contribution in [3.8, 4) is 17.4 Å². The van der Waals surface area contributed by atoms with E-state index in [-0.39, 0.29) is 5.92 Å². The minimum Gasteiger partial charge on any atom is -0.481 e. The van der Waals surface area contributed by atoms with E-state index in [2.05, 4.69) is 20.1 Å². The van der Waals surface area contributed by atoms with Gasteiger partial charge in [0.05, 0.1) is 7.11 Å². The van der Waals surface area contributed by atoms with Crippen LogP contribution in [0.2, 0.25) is 0 Å². The summed E-state index contributed by atoms with van der Waals surface area (Å²) in [5.41, 5.74) is 0.594. The Morgan fingerprint density at radius 2 is 2.20 bits per heavy atom. The van der Waals surface area contributed by atoms with Gasteiger partial charge in [-0.2, -0.15) is 4.98 Å². The Labute approximate surface area is 116 Å². The average molecular weight is 276 g/mol. The molecule has 1 unspecified atom stereocenters. The largest absolute Gasteiger partial charge is 0.481 e. The van der Waals surface area contributed by atoms with E-state index in [4.69, 9.17) is 14.0 Å². The first-order chi connectivity index (χ1) is 9.86. The molecule has 0 N–H and O–H groups in total. The van der Waals surface area contributed by atoms with Crippen molar-refractivity contribution in [3.05, 3.63) is 18.3 Å². The Kier molecular flexibility index (Phi) is 3.87. The van der Waals surface area contributed by atoms with Gasteiger partial charge in [-0.3, -0.25) is 0 Å². The van der Waals surface area contributed by atoms with Gasteiger partial charge in [-0.25, -0.2) is 9.97 Å². The van der Waals surface area contributed by atoms with Crippen molar-refractivity contribution in [2.24, 2.45) is 0 Å². The van der Waals surface area contributed by atoms with E-state index >= 15 is 0 Å². The van der Waals surface area contributed by atoms with Crippen LogP contribution in [0.4, 0.5) is 0 Å². The van der Waals surface area contributed by atoms with Crippen molar-refractivity contribution in [2.75, 3.05) is 20.3 Å². The molecule has 0 radical (unpaired) electrons. The maximum atomic E-state index is 5.44. The molecule has 0 aromatic carbocycles. The van der Waals surface area contributed by atoms with Crippen LogP contribution in [-0.2, 0) is 4.74 Å². The number of hydrogen-bond acceptors (Lipinski definition) is 7. The van der Waals surface area contributed by atoms with Gasteiger partial charge in [0.15, 0.2) is 0 Å². The first-order valence-electron chi connectivity index (χ1n) is 6.64. The topological polar surface area (TPSA) is 83.2 Å². The lowest BCUT2D eigenvalue weighted by Crippen LogP contribution is -2.00. The predicted octanol–water partition coefficient (Wildman–Crippen LogP) is 1.82. The van der Waals surface area contributed by atoms with Gasteiger partial charge in [0.1, 0.15) is 12.0 Å². The van der Waals surface area contributed by atoms with Gasteiger partial charge in [-0.05, 0) is 19.3 Å². The Bertz CT molecular complexity index is 564. The summed E-state index contributed by atoms with van der Waals surface area (Å²) in [5.74, 6) is 1.86. The SMILES string of the molecule is COc1cc(-c2noc(C3CCCOCC3)n2)ncn1. The molecule has 106 valence electrons. The maximum Gasteiger partial charge on any atom is 0.230 e. The summed E-state index contributed by atoms with van der Waals surface area (Å²) in [7, 11) is 1.55. The molecule has 2 aromatic rings. The quantitative estimate of drug-likeness (QED) is 0.845. The van der Waals surface area contributed by atoms with Crippen LogP contribution in [0.25, 0.3) is 11.5 Å². The molecule has 2 aromatic heterocycles. The van der Waals surface area contributed by atoms with E-state index in [1.807, 2.05) is 0 Å². The van der Waals surface area contributed by atoms with Crippen LogP contribution in [0.5, 0.6) is 5.88 Å². The highest BCUT2D eigenvalue weighted by atomic mass is 16.5. The smallest absolute Gasteiger partial charge is 0.230 e. The van der Waals surface area contributed by atoms with Crippen molar-refractivity contribution in [2.45, 2.75) is 25.2 Å². The number of aromatic nitrogens is 4. The highest BCUT2D eigenvalue weighted by molar-refractivity contribution is 5.49. The molecule has 3 heterocycles. The monoisotopic (exact) mass is 276 g/mol. The van der Waals surface area contributed by atoms with Gasteiger partial charge in [0, 0.05) is 25.2 Å². The fourth-order valence-electron chi connectivity index (χ4n) is 2.23. The fraction of sp³-hybridized carbons (Fsp3) is 0.538. The zero-order valence-electron chi connectivity index (χ0n) is 11.3. The van der Waals surface area contributed by atoms with Gasteiger partial charge in [-0.15, -0.1) is 0 Å². The summed E-state index contributed by atoms with van der Waals surface area (Å²) in [6.45, 7) is 1.55. The van der Waals surface area contributed by atoms with Crippen LogP contribution in [0, 0.1) is 0 Å². The average Bonchev–Trinajstić information content (AvgIpc) is 2.83. The molecule has 0 saturated carbocycles. The lowest BCUT2D eigenvalue weighted by Gasteiger charge is -2.06. The number of ether oxygens (including phenoxy) is 2. The molecule has 7 nitrogen and oxygen atoms in total. The van der Waals surface area contributed by atoms with Crippen LogP contribution in [0.15, 0.2) is 16.9 Å². The standard InChI is InChI=1S/C13H16N4O3/c1-18-11-7-10(14-8-15-11)12-16-13(20-17-12)9-3-2-5-19-6-4-9/h7-9H,2-6H2,1H3. The Morgan fingerprint density at radius 1 is 1.25 bits per heavy atom. The van der Waals surface area contributed by atoms with Gasteiger partial charge >= 0.3 is 0 Å². The van der Waals surface area contributed by atoms with Crippen LogP contribution in [-0.4, -0.2) is 40.4 Å². The summed E-state index contributed by atoms with van der Waals surface area (Å²) in [6.07, 6.45) is 4.36. The second kappa shape index (κ2) is 5.96. The van der Waals surface area contributed by atoms with Gasteiger partial charge in [0.2, 0.25) is 17.6 Å². The van der Waals surface area contributed by atoms with Crippen molar-refractivity contribution in [1.82, 2.24) is 20.1 Å². The molecule has 0 amide bonds. The number of nitrogens with zero attached hydrogens (tertiary/aromatic N) is 4. The highest BCUT2D eigenvalue weighted by Crippen LogP contribution is 2.27. The molecular weight excluding hydrogens is 260 g/mol. The molecule has 3 rings (SSSR count). The maximum absolute atomic E-state index is 5.44. The van der Waals surface area contributed by atoms with E-state index in [1.54, 1.807) is 13.2 Å². The summed E-state index contributed by atoms with van der Waals surface area (Å²) >= 11 is 0. The van der Waals surface area contributed by atoms with Gasteiger partial charge < -0.3 is 14.0 Å². The lowest BCUT2D eigenvalue weighted by molar-refractivity contribution is 0.142. The van der Waals surface area contributed by atoms with Crippen molar-refractivity contribution in [3.63, 3.8) is 0 Å². The molecule has 0 aliphatic carbocycles. The first-order valence-corrected chi connectivity index (χ1v) is 6.64. The molecule has 7 heteroatoms. The zero-order valence-corrected chi connectivity index (χ0v) is 11.3. The summed E-state index contributed by atoms with van der Waals surface area (Å²) in [5, 5.41) is 3.99. The van der Waals surface area contributed by atoms with E-state index in [1.165, 1.54) is 6.33 Å². The van der Waals surface area contributed by atoms with E-state index < -0.39 is 0 Å². The fourth-order valence-corrected chi connectivity index (χ4v) is 2.23. The van der Waals surface area contributed by atoms with Crippen LogP contribution >= 0.6 is 0 Å². The van der Waals surface area contributed by atoms with Crippen molar-refractivity contribution in [1.29, 1.82) is 0 Å². The highest BCUT2D eigenvalue weighted by Gasteiger charge is 2.21. The van der Waals surface area contributed by atoms with Crippen LogP contribution in [0.1, 0.15) is 31.1 Å². The second-order valence-corrected chi connectivity index (χ2v) is 4.64. The molecular formula is C13H16N4O3. The summed E-state index contributed by atoms with van der Waals surface area (Å²) < 4.78 is 15.9. The summed E-state index contributed by atoms with van der Waals surface area (Å²) in [6, 6.07) is 1.69. The van der Waals surface area contributed by atoms with Crippen LogP contribution in [0.3, 0.4) is 0 Å². The Hall–Kier alpha value is -2.02. The molecule has 1 atom stereocenters. The van der Waals surface area contributed by atoms with Crippen molar-refractivity contribution < 1.29 is 14.0 Å².